The maximum atomic E-state index is 14.4. The summed E-state index contributed by atoms with van der Waals surface area (Å²) in [4.78, 5) is 18.2. The summed E-state index contributed by atoms with van der Waals surface area (Å²) < 4.78 is 21.7. The number of benzene rings is 2. The van der Waals surface area contributed by atoms with Crippen molar-refractivity contribution >= 4 is 5.97 Å². The Balaban J connectivity index is 1.32. The summed E-state index contributed by atoms with van der Waals surface area (Å²) in [5.41, 5.74) is 6.09. The fourth-order valence-electron chi connectivity index (χ4n) is 5.28. The lowest BCUT2D eigenvalue weighted by molar-refractivity contribution is -0.143. The van der Waals surface area contributed by atoms with Crippen LogP contribution in [-0.4, -0.2) is 55.5 Å². The zero-order chi connectivity index (χ0) is 26.8. The van der Waals surface area contributed by atoms with E-state index in [0.717, 1.165) is 42.7 Å². The average Bonchev–Trinajstić information content (AvgIpc) is 3.56. The molecule has 0 amide bonds. The van der Waals surface area contributed by atoms with Crippen LogP contribution in [0.4, 0.5) is 4.39 Å². The lowest BCUT2D eigenvalue weighted by Gasteiger charge is -2.30. The summed E-state index contributed by atoms with van der Waals surface area (Å²) in [6.45, 7) is 9.26. The van der Waals surface area contributed by atoms with Gasteiger partial charge in [0.05, 0.1) is 11.6 Å². The van der Waals surface area contributed by atoms with Crippen molar-refractivity contribution in [3.8, 4) is 34.2 Å². The standard InChI is InChI=1S/C29H32FN5O3/c1-4-35-26(23-7-5-6-8-24(23)30)17-25(32-35)28-31-27(33-38-28)21-15-18(2)22(19(3)16-21)11-14-34-12-9-20(10-13-34)29(36)37/h5-8,15-17,20H,4,9-14H2,1-3H3,(H,36,37). The minimum Gasteiger partial charge on any atom is -0.481 e. The number of carbonyl (C=O) groups is 1. The van der Waals surface area contributed by atoms with E-state index >= 15 is 0 Å². The highest BCUT2D eigenvalue weighted by atomic mass is 19.1. The van der Waals surface area contributed by atoms with Gasteiger partial charge in [0, 0.05) is 24.2 Å². The quantitative estimate of drug-likeness (QED) is 0.335. The molecule has 0 atom stereocenters. The van der Waals surface area contributed by atoms with Gasteiger partial charge in [0.2, 0.25) is 5.82 Å². The van der Waals surface area contributed by atoms with Crippen LogP contribution in [0.3, 0.4) is 0 Å². The van der Waals surface area contributed by atoms with Crippen LogP contribution in [0.1, 0.15) is 36.5 Å². The highest BCUT2D eigenvalue weighted by molar-refractivity contribution is 5.70. The Kier molecular flexibility index (Phi) is 7.37. The number of hydrogen-bond acceptors (Lipinski definition) is 6. The van der Waals surface area contributed by atoms with Gasteiger partial charge in [-0.25, -0.2) is 4.39 Å². The van der Waals surface area contributed by atoms with Gasteiger partial charge in [-0.05, 0) is 100 Å². The molecule has 1 fully saturated rings. The molecule has 0 radical (unpaired) electrons. The van der Waals surface area contributed by atoms with Crippen LogP contribution in [0.5, 0.6) is 0 Å². The third-order valence-electron chi connectivity index (χ3n) is 7.44. The first kappa shape index (κ1) is 25.8. The van der Waals surface area contributed by atoms with Gasteiger partial charge < -0.3 is 14.5 Å². The third kappa shape index (κ3) is 5.24. The van der Waals surface area contributed by atoms with Crippen molar-refractivity contribution in [2.24, 2.45) is 5.92 Å². The SMILES string of the molecule is CCn1nc(-c2nc(-c3cc(C)c(CCN4CCC(C(=O)O)CC4)c(C)c3)no2)cc1-c1ccccc1F. The Morgan fingerprint density at radius 1 is 1.13 bits per heavy atom. The van der Waals surface area contributed by atoms with Crippen LogP contribution in [0.2, 0.25) is 0 Å². The summed E-state index contributed by atoms with van der Waals surface area (Å²) in [6.07, 6.45) is 2.33. The van der Waals surface area contributed by atoms with Crippen molar-refractivity contribution in [2.75, 3.05) is 19.6 Å². The molecule has 1 aliphatic rings. The van der Waals surface area contributed by atoms with Crippen molar-refractivity contribution in [1.82, 2.24) is 24.8 Å². The largest absolute Gasteiger partial charge is 0.481 e. The highest BCUT2D eigenvalue weighted by Crippen LogP contribution is 2.30. The Hall–Kier alpha value is -3.85. The van der Waals surface area contributed by atoms with Gasteiger partial charge >= 0.3 is 5.97 Å². The number of carboxylic acid groups (broad SMARTS) is 1. The molecule has 0 saturated carbocycles. The molecule has 9 heteroatoms. The fourth-order valence-corrected chi connectivity index (χ4v) is 5.28. The molecule has 2 aromatic heterocycles. The first-order valence-electron chi connectivity index (χ1n) is 13.1. The summed E-state index contributed by atoms with van der Waals surface area (Å²) in [6, 6.07) is 12.5. The zero-order valence-corrected chi connectivity index (χ0v) is 21.9. The first-order chi connectivity index (χ1) is 18.3. The molecule has 0 unspecified atom stereocenters. The van der Waals surface area contributed by atoms with E-state index in [-0.39, 0.29) is 17.6 Å². The number of carboxylic acids is 1. The molecular weight excluding hydrogens is 485 g/mol. The lowest BCUT2D eigenvalue weighted by atomic mass is 9.94. The predicted molar refractivity (Wildman–Crippen MR) is 142 cm³/mol. The molecule has 3 heterocycles. The summed E-state index contributed by atoms with van der Waals surface area (Å²) in [7, 11) is 0. The van der Waals surface area contributed by atoms with Crippen LogP contribution < -0.4 is 0 Å². The van der Waals surface area contributed by atoms with Gasteiger partial charge in [0.1, 0.15) is 5.82 Å². The van der Waals surface area contributed by atoms with Crippen molar-refractivity contribution in [2.45, 2.75) is 46.6 Å². The number of rotatable bonds is 8. The predicted octanol–water partition coefficient (Wildman–Crippen LogP) is 5.38. The third-order valence-corrected chi connectivity index (χ3v) is 7.44. The van der Waals surface area contributed by atoms with E-state index in [4.69, 9.17) is 4.52 Å². The normalized spacial score (nSPS) is 14.7. The number of aromatic nitrogens is 4. The molecular formula is C29H32FN5O3. The molecule has 198 valence electrons. The molecule has 2 aromatic carbocycles. The zero-order valence-electron chi connectivity index (χ0n) is 21.9. The molecule has 8 nitrogen and oxygen atoms in total. The smallest absolute Gasteiger partial charge is 0.306 e. The van der Waals surface area contributed by atoms with E-state index in [1.807, 2.05) is 6.92 Å². The second-order valence-electron chi connectivity index (χ2n) is 9.93. The summed E-state index contributed by atoms with van der Waals surface area (Å²) in [5.74, 6) is -0.437. The second-order valence-corrected chi connectivity index (χ2v) is 9.93. The number of hydrogen-bond donors (Lipinski definition) is 1. The van der Waals surface area contributed by atoms with Crippen molar-refractivity contribution in [3.05, 3.63) is 65.0 Å². The Morgan fingerprint density at radius 2 is 1.84 bits per heavy atom. The van der Waals surface area contributed by atoms with Crippen molar-refractivity contribution in [3.63, 3.8) is 0 Å². The van der Waals surface area contributed by atoms with E-state index in [1.54, 1.807) is 28.9 Å². The van der Waals surface area contributed by atoms with E-state index in [1.165, 1.54) is 11.6 Å². The lowest BCUT2D eigenvalue weighted by Crippen LogP contribution is -2.37. The maximum Gasteiger partial charge on any atom is 0.306 e. The van der Waals surface area contributed by atoms with Crippen LogP contribution in [0.15, 0.2) is 47.0 Å². The molecule has 0 spiro atoms. The van der Waals surface area contributed by atoms with Crippen molar-refractivity contribution < 1.29 is 18.8 Å². The summed E-state index contributed by atoms with van der Waals surface area (Å²) >= 11 is 0. The van der Waals surface area contributed by atoms with E-state index in [2.05, 4.69) is 46.1 Å². The fraction of sp³-hybridized carbons (Fsp3) is 0.379. The van der Waals surface area contributed by atoms with E-state index in [9.17, 15) is 14.3 Å². The monoisotopic (exact) mass is 517 g/mol. The second kappa shape index (κ2) is 10.9. The highest BCUT2D eigenvalue weighted by Gasteiger charge is 2.24. The van der Waals surface area contributed by atoms with Gasteiger partial charge in [0.25, 0.3) is 5.89 Å². The Morgan fingerprint density at radius 3 is 2.50 bits per heavy atom. The van der Waals surface area contributed by atoms with Gasteiger partial charge in [0.15, 0.2) is 5.69 Å². The van der Waals surface area contributed by atoms with Gasteiger partial charge in [-0.1, -0.05) is 17.3 Å². The molecule has 38 heavy (non-hydrogen) atoms. The van der Waals surface area contributed by atoms with E-state index in [0.29, 0.717) is 42.2 Å². The van der Waals surface area contributed by atoms with Gasteiger partial charge in [-0.3, -0.25) is 9.48 Å². The van der Waals surface area contributed by atoms with Crippen molar-refractivity contribution in [1.29, 1.82) is 0 Å². The number of halogens is 1. The van der Waals surface area contributed by atoms with Crippen LogP contribution in [0, 0.1) is 25.6 Å². The minimum atomic E-state index is -0.680. The van der Waals surface area contributed by atoms with Crippen LogP contribution in [-0.2, 0) is 17.8 Å². The van der Waals surface area contributed by atoms with Gasteiger partial charge in [-0.15, -0.1) is 0 Å². The molecule has 1 aliphatic heterocycles. The molecule has 5 rings (SSSR count). The molecule has 1 N–H and O–H groups in total. The first-order valence-corrected chi connectivity index (χ1v) is 13.1. The molecule has 4 aromatic rings. The molecule has 0 bridgehead atoms. The Labute approximate surface area is 221 Å². The Bertz CT molecular complexity index is 1430. The molecule has 0 aliphatic carbocycles. The number of aliphatic carboxylic acids is 1. The van der Waals surface area contributed by atoms with Gasteiger partial charge in [-0.2, -0.15) is 10.1 Å². The number of nitrogens with zero attached hydrogens (tertiary/aromatic N) is 5. The van der Waals surface area contributed by atoms with Crippen LogP contribution >= 0.6 is 0 Å². The average molecular weight is 518 g/mol. The van der Waals surface area contributed by atoms with E-state index < -0.39 is 5.97 Å². The molecule has 1 saturated heterocycles. The number of likely N-dealkylation sites (tertiary alicyclic amines) is 1. The van der Waals surface area contributed by atoms with Crippen LogP contribution in [0.25, 0.3) is 34.2 Å². The maximum absolute atomic E-state index is 14.4. The number of aryl methyl sites for hydroxylation is 3. The topological polar surface area (TPSA) is 97.3 Å². The number of piperidine rings is 1. The minimum absolute atomic E-state index is 0.212. The summed E-state index contributed by atoms with van der Waals surface area (Å²) in [5, 5.41) is 18.0.